The highest BCUT2D eigenvalue weighted by Crippen LogP contribution is 2.40. The lowest BCUT2D eigenvalue weighted by atomic mass is 9.77. The van der Waals surface area contributed by atoms with Gasteiger partial charge in [-0.2, -0.15) is 0 Å². The third kappa shape index (κ3) is 6.03. The van der Waals surface area contributed by atoms with Gasteiger partial charge >= 0.3 is 5.97 Å². The van der Waals surface area contributed by atoms with Gasteiger partial charge in [-0.05, 0) is 58.5 Å². The fourth-order valence-corrected chi connectivity index (χ4v) is 6.61. The first kappa shape index (κ1) is 32.2. The van der Waals surface area contributed by atoms with Crippen LogP contribution >= 0.6 is 0 Å². The summed E-state index contributed by atoms with van der Waals surface area (Å²) in [5.74, 6) is 0.112. The monoisotopic (exact) mass is 656 g/mol. The number of esters is 1. The van der Waals surface area contributed by atoms with Gasteiger partial charge in [-0.15, -0.1) is 15.0 Å². The largest absolute Gasteiger partial charge is 0.465 e. The number of aromatic nitrogens is 5. The summed E-state index contributed by atoms with van der Waals surface area (Å²) < 4.78 is 5.01. The van der Waals surface area contributed by atoms with Crippen LogP contribution in [0.25, 0.3) is 22.5 Å². The quantitative estimate of drug-likeness (QED) is 0.117. The number of hydrogen-bond donors (Lipinski definition) is 1. The van der Waals surface area contributed by atoms with Crippen LogP contribution in [0.2, 0.25) is 0 Å². The second-order valence-electron chi connectivity index (χ2n) is 12.1. The summed E-state index contributed by atoms with van der Waals surface area (Å²) in [5, 5.41) is 18.0. The maximum atomic E-state index is 12.5. The van der Waals surface area contributed by atoms with Crippen LogP contribution in [0.3, 0.4) is 0 Å². The van der Waals surface area contributed by atoms with Crippen LogP contribution in [0.4, 0.5) is 5.69 Å². The lowest BCUT2D eigenvalue weighted by molar-refractivity contribution is 0.0600. The molecule has 0 radical (unpaired) electrons. The number of benzene rings is 5. The summed E-state index contributed by atoms with van der Waals surface area (Å²) in [7, 11) is 1.38. The van der Waals surface area contributed by atoms with Crippen molar-refractivity contribution in [3.05, 3.63) is 185 Å². The molecule has 2 aromatic heterocycles. The lowest BCUT2D eigenvalue weighted by Gasteiger charge is -2.34. The highest BCUT2D eigenvalue weighted by atomic mass is 16.5. The average molecular weight is 657 g/mol. The van der Waals surface area contributed by atoms with Gasteiger partial charge in [0.25, 0.3) is 0 Å². The molecule has 7 rings (SSSR count). The van der Waals surface area contributed by atoms with Crippen molar-refractivity contribution in [2.24, 2.45) is 0 Å². The van der Waals surface area contributed by atoms with Gasteiger partial charge < -0.3 is 10.1 Å². The molecule has 8 nitrogen and oxygen atoms in total. The standard InChI is InChI=1S/C42H36N6O2/c1-29-27-38(39(30(2)44-29)41(49)50-3)43-28-31-23-25-32(26-24-31)36-21-13-14-22-37(36)40-45-47-48(46-40)42(33-15-7-4-8-16-33,34-17-9-5-10-18-34)35-19-11-6-12-20-35/h4-27H,28H2,1-3H3,(H,43,44). The van der Waals surface area contributed by atoms with Gasteiger partial charge in [0.05, 0.1) is 18.5 Å². The summed E-state index contributed by atoms with van der Waals surface area (Å²) in [6.45, 7) is 4.24. The molecule has 1 N–H and O–H groups in total. The number of nitrogens with one attached hydrogen (secondary N) is 1. The Hall–Kier alpha value is -6.41. The van der Waals surface area contributed by atoms with E-state index in [9.17, 15) is 4.79 Å². The molecule has 0 unspecified atom stereocenters. The Balaban J connectivity index is 1.24. The smallest absolute Gasteiger partial charge is 0.341 e. The summed E-state index contributed by atoms with van der Waals surface area (Å²) in [5.41, 5.74) is 8.74. The topological polar surface area (TPSA) is 94.8 Å². The Kier molecular flexibility index (Phi) is 8.99. The Morgan fingerprint density at radius 2 is 1.26 bits per heavy atom. The molecule has 0 aliphatic heterocycles. The molecule has 50 heavy (non-hydrogen) atoms. The first-order chi connectivity index (χ1) is 24.5. The lowest BCUT2D eigenvalue weighted by Crippen LogP contribution is -2.39. The van der Waals surface area contributed by atoms with Crippen molar-refractivity contribution in [3.8, 4) is 22.5 Å². The first-order valence-electron chi connectivity index (χ1n) is 16.4. The maximum absolute atomic E-state index is 12.5. The van der Waals surface area contributed by atoms with Crippen LogP contribution in [0.15, 0.2) is 146 Å². The molecule has 8 heteroatoms. The number of ether oxygens (including phenoxy) is 1. The van der Waals surface area contributed by atoms with Gasteiger partial charge in [-0.25, -0.2) is 4.79 Å². The molecule has 0 amide bonds. The molecular formula is C42H36N6O2. The summed E-state index contributed by atoms with van der Waals surface area (Å²) in [4.78, 5) is 18.7. The molecule has 0 aliphatic carbocycles. The Bertz CT molecular complexity index is 2140. The van der Waals surface area contributed by atoms with Crippen LogP contribution < -0.4 is 5.32 Å². The van der Waals surface area contributed by atoms with Gasteiger partial charge in [0.15, 0.2) is 5.54 Å². The van der Waals surface area contributed by atoms with E-state index < -0.39 is 11.5 Å². The predicted octanol–water partition coefficient (Wildman–Crippen LogP) is 8.26. The molecule has 0 aliphatic rings. The molecule has 7 aromatic rings. The summed E-state index contributed by atoms with van der Waals surface area (Å²) in [6, 6.07) is 49.3. The molecular weight excluding hydrogens is 621 g/mol. The highest BCUT2D eigenvalue weighted by Gasteiger charge is 2.41. The van der Waals surface area contributed by atoms with Gasteiger partial charge in [0.2, 0.25) is 5.82 Å². The number of tetrazole rings is 1. The number of methoxy groups -OCH3 is 1. The van der Waals surface area contributed by atoms with Crippen molar-refractivity contribution in [1.82, 2.24) is 25.2 Å². The third-order valence-corrected chi connectivity index (χ3v) is 8.92. The number of carbonyl (C=O) groups excluding carboxylic acids is 1. The molecule has 0 atom stereocenters. The average Bonchev–Trinajstić information content (AvgIpc) is 3.66. The van der Waals surface area contributed by atoms with E-state index in [-0.39, 0.29) is 0 Å². The van der Waals surface area contributed by atoms with Crippen LogP contribution in [-0.4, -0.2) is 38.3 Å². The number of pyridine rings is 1. The summed E-state index contributed by atoms with van der Waals surface area (Å²) >= 11 is 0. The van der Waals surface area contributed by atoms with E-state index in [2.05, 4.69) is 82.1 Å². The molecule has 0 fully saturated rings. The molecule has 0 saturated heterocycles. The van der Waals surface area contributed by atoms with Gasteiger partial charge in [0, 0.05) is 17.8 Å². The zero-order chi connectivity index (χ0) is 34.5. The first-order valence-corrected chi connectivity index (χ1v) is 16.4. The van der Waals surface area contributed by atoms with Crippen molar-refractivity contribution >= 4 is 11.7 Å². The molecule has 0 bridgehead atoms. The van der Waals surface area contributed by atoms with Crippen molar-refractivity contribution in [2.75, 3.05) is 12.4 Å². The number of aryl methyl sites for hydroxylation is 2. The van der Waals surface area contributed by atoms with E-state index in [1.807, 2.05) is 92.7 Å². The molecule has 0 spiro atoms. The highest BCUT2D eigenvalue weighted by molar-refractivity contribution is 5.96. The van der Waals surface area contributed by atoms with Crippen LogP contribution in [-0.2, 0) is 16.8 Å². The summed E-state index contributed by atoms with van der Waals surface area (Å²) in [6.07, 6.45) is 0. The zero-order valence-corrected chi connectivity index (χ0v) is 28.1. The van der Waals surface area contributed by atoms with E-state index in [1.54, 1.807) is 4.80 Å². The van der Waals surface area contributed by atoms with Crippen LogP contribution in [0.5, 0.6) is 0 Å². The number of hydrogen-bond acceptors (Lipinski definition) is 7. The minimum absolute atomic E-state index is 0.413. The third-order valence-electron chi connectivity index (χ3n) is 8.92. The normalized spacial score (nSPS) is 11.3. The predicted molar refractivity (Wildman–Crippen MR) is 196 cm³/mol. The van der Waals surface area contributed by atoms with Crippen molar-refractivity contribution < 1.29 is 9.53 Å². The minimum atomic E-state index is -0.863. The van der Waals surface area contributed by atoms with E-state index in [1.165, 1.54) is 7.11 Å². The van der Waals surface area contributed by atoms with Gasteiger partial charge in [-0.1, -0.05) is 140 Å². The second kappa shape index (κ2) is 14.0. The van der Waals surface area contributed by atoms with Crippen LogP contribution in [0, 0.1) is 13.8 Å². The van der Waals surface area contributed by atoms with E-state index in [0.717, 1.165) is 44.6 Å². The number of nitrogens with zero attached hydrogens (tertiary/aromatic N) is 5. The van der Waals surface area contributed by atoms with Crippen molar-refractivity contribution in [3.63, 3.8) is 0 Å². The fourth-order valence-electron chi connectivity index (χ4n) is 6.61. The number of anilines is 1. The number of carbonyl (C=O) groups is 1. The van der Waals surface area contributed by atoms with E-state index in [0.29, 0.717) is 29.3 Å². The van der Waals surface area contributed by atoms with Gasteiger partial charge in [-0.3, -0.25) is 4.98 Å². The van der Waals surface area contributed by atoms with E-state index in [4.69, 9.17) is 15.0 Å². The molecule has 2 heterocycles. The van der Waals surface area contributed by atoms with Crippen molar-refractivity contribution in [2.45, 2.75) is 25.9 Å². The van der Waals surface area contributed by atoms with Gasteiger partial charge in [0.1, 0.15) is 5.56 Å². The van der Waals surface area contributed by atoms with Crippen molar-refractivity contribution in [1.29, 1.82) is 0 Å². The maximum Gasteiger partial charge on any atom is 0.341 e. The fraction of sp³-hybridized carbons (Fsp3) is 0.119. The second-order valence-corrected chi connectivity index (χ2v) is 12.1. The minimum Gasteiger partial charge on any atom is -0.465 e. The van der Waals surface area contributed by atoms with E-state index >= 15 is 0 Å². The molecule has 246 valence electrons. The SMILES string of the molecule is COC(=O)c1c(NCc2ccc(-c3ccccc3-c3nnn(C(c4ccccc4)(c4ccccc4)c4ccccc4)n3)cc2)cc(C)nc1C. The Morgan fingerprint density at radius 1 is 0.720 bits per heavy atom. The Morgan fingerprint density at radius 3 is 1.82 bits per heavy atom. The van der Waals surface area contributed by atoms with Crippen LogP contribution in [0.1, 0.15) is 44.0 Å². The molecule has 5 aromatic carbocycles. The number of rotatable bonds is 10. The zero-order valence-electron chi connectivity index (χ0n) is 28.1. The Labute approximate surface area is 291 Å². The molecule has 0 saturated carbocycles.